The molecule has 7 heteroatoms. The summed E-state index contributed by atoms with van der Waals surface area (Å²) in [5.74, 6) is -1.09. The van der Waals surface area contributed by atoms with Crippen LogP contribution in [-0.2, 0) is 18.4 Å². The Hall–Kier alpha value is -3.35. The van der Waals surface area contributed by atoms with Crippen LogP contribution in [0.2, 0.25) is 0 Å². The number of carboxylic acid groups (broad SMARTS) is 1. The summed E-state index contributed by atoms with van der Waals surface area (Å²) in [6.45, 7) is 0.129. The van der Waals surface area contributed by atoms with Gasteiger partial charge in [0.2, 0.25) is 0 Å². The van der Waals surface area contributed by atoms with E-state index in [2.05, 4.69) is 10.3 Å². The number of rotatable bonds is 4. The van der Waals surface area contributed by atoms with Gasteiger partial charge in [0.25, 0.3) is 0 Å². The van der Waals surface area contributed by atoms with E-state index < -0.39 is 12.1 Å². The maximum atomic E-state index is 11.9. The number of aromatic nitrogens is 2. The summed E-state index contributed by atoms with van der Waals surface area (Å²) in [4.78, 5) is 27.5. The molecular formula is C17H15N3O4. The van der Waals surface area contributed by atoms with E-state index in [1.807, 2.05) is 30.3 Å². The minimum atomic E-state index is -1.09. The predicted molar refractivity (Wildman–Crippen MR) is 87.9 cm³/mol. The van der Waals surface area contributed by atoms with Crippen LogP contribution in [0.15, 0.2) is 48.8 Å². The molecule has 0 unspecified atom stereocenters. The number of hydrogen-bond donors (Lipinski definition) is 2. The second-order valence-electron chi connectivity index (χ2n) is 5.24. The molecule has 0 saturated carbocycles. The van der Waals surface area contributed by atoms with E-state index in [9.17, 15) is 14.7 Å². The molecule has 0 aliphatic rings. The highest BCUT2D eigenvalue weighted by molar-refractivity contribution is 6.04. The first-order valence-electron chi connectivity index (χ1n) is 7.20. The normalized spacial score (nSPS) is 10.5. The molecule has 1 heterocycles. The minimum absolute atomic E-state index is 0.0610. The molecule has 0 bridgehead atoms. The highest BCUT2D eigenvalue weighted by Gasteiger charge is 2.15. The summed E-state index contributed by atoms with van der Waals surface area (Å²) >= 11 is 0. The largest absolute Gasteiger partial charge is 0.478 e. The van der Waals surface area contributed by atoms with E-state index in [0.717, 1.165) is 5.56 Å². The number of fused-ring (bicyclic) bond motifs is 1. The fraction of sp³-hybridized carbons (Fsp3) is 0.118. The second kappa shape index (κ2) is 6.41. The van der Waals surface area contributed by atoms with Crippen molar-refractivity contribution in [2.75, 3.05) is 5.32 Å². The number of imidazole rings is 1. The van der Waals surface area contributed by atoms with Gasteiger partial charge in [-0.3, -0.25) is 5.32 Å². The van der Waals surface area contributed by atoms with Gasteiger partial charge < -0.3 is 14.4 Å². The average molecular weight is 325 g/mol. The molecule has 2 N–H and O–H groups in total. The number of carboxylic acids is 1. The summed E-state index contributed by atoms with van der Waals surface area (Å²) in [5.41, 5.74) is 2.21. The number of amides is 1. The monoisotopic (exact) mass is 325 g/mol. The van der Waals surface area contributed by atoms with Crippen LogP contribution >= 0.6 is 0 Å². The molecule has 3 aromatic rings. The molecule has 0 aliphatic heterocycles. The van der Waals surface area contributed by atoms with Gasteiger partial charge in [0, 0.05) is 12.7 Å². The van der Waals surface area contributed by atoms with Gasteiger partial charge >= 0.3 is 12.1 Å². The average Bonchev–Trinajstić information content (AvgIpc) is 2.94. The first-order valence-corrected chi connectivity index (χ1v) is 7.20. The molecule has 0 spiro atoms. The molecule has 0 radical (unpaired) electrons. The lowest BCUT2D eigenvalue weighted by atomic mass is 10.1. The zero-order valence-corrected chi connectivity index (χ0v) is 12.9. The third-order valence-corrected chi connectivity index (χ3v) is 3.50. The Bertz CT molecular complexity index is 903. The Kier molecular flexibility index (Phi) is 4.15. The number of anilines is 1. The van der Waals surface area contributed by atoms with E-state index in [-0.39, 0.29) is 12.2 Å². The van der Waals surface area contributed by atoms with Crippen molar-refractivity contribution >= 4 is 28.8 Å². The van der Waals surface area contributed by atoms with Gasteiger partial charge in [-0.15, -0.1) is 0 Å². The summed E-state index contributed by atoms with van der Waals surface area (Å²) in [7, 11) is 1.71. The third kappa shape index (κ3) is 3.19. The van der Waals surface area contributed by atoms with Crippen molar-refractivity contribution in [1.82, 2.24) is 9.55 Å². The van der Waals surface area contributed by atoms with Crippen molar-refractivity contribution in [2.24, 2.45) is 7.05 Å². The van der Waals surface area contributed by atoms with Crippen LogP contribution in [0.5, 0.6) is 0 Å². The predicted octanol–water partition coefficient (Wildman–Crippen LogP) is 3.02. The standard InChI is InChI=1S/C17H15N3O4/c1-20-10-18-14-8-12(7-13(15(14)20)16(21)22)19-17(23)24-9-11-5-3-2-4-6-11/h2-8,10H,9H2,1H3,(H,19,23)(H,21,22). The highest BCUT2D eigenvalue weighted by Crippen LogP contribution is 2.23. The lowest BCUT2D eigenvalue weighted by Crippen LogP contribution is -2.14. The van der Waals surface area contributed by atoms with Gasteiger partial charge in [0.15, 0.2) is 0 Å². The number of nitrogens with zero attached hydrogens (tertiary/aromatic N) is 2. The van der Waals surface area contributed by atoms with Crippen LogP contribution in [0.3, 0.4) is 0 Å². The number of nitrogens with one attached hydrogen (secondary N) is 1. The smallest absolute Gasteiger partial charge is 0.411 e. The summed E-state index contributed by atoms with van der Waals surface area (Å²) in [6.07, 6.45) is 0.861. The molecule has 1 amide bonds. The Morgan fingerprint density at radius 2 is 2.00 bits per heavy atom. The zero-order chi connectivity index (χ0) is 17.1. The summed E-state index contributed by atoms with van der Waals surface area (Å²) < 4.78 is 6.75. The van der Waals surface area contributed by atoms with E-state index in [1.54, 1.807) is 17.7 Å². The molecule has 0 aliphatic carbocycles. The number of benzene rings is 2. The fourth-order valence-corrected chi connectivity index (χ4v) is 2.41. The van der Waals surface area contributed by atoms with Gasteiger partial charge in [-0.2, -0.15) is 0 Å². The molecule has 3 rings (SSSR count). The second-order valence-corrected chi connectivity index (χ2v) is 5.24. The minimum Gasteiger partial charge on any atom is -0.478 e. The molecule has 0 saturated heterocycles. The van der Waals surface area contributed by atoms with Gasteiger partial charge in [-0.1, -0.05) is 30.3 Å². The Balaban J connectivity index is 1.77. The lowest BCUT2D eigenvalue weighted by molar-refractivity contribution is 0.0698. The topological polar surface area (TPSA) is 93.5 Å². The van der Waals surface area contributed by atoms with Crippen LogP contribution in [0, 0.1) is 0 Å². The van der Waals surface area contributed by atoms with Crippen molar-refractivity contribution in [3.8, 4) is 0 Å². The first kappa shape index (κ1) is 15.5. The summed E-state index contributed by atoms with van der Waals surface area (Å²) in [6, 6.07) is 12.3. The quantitative estimate of drug-likeness (QED) is 0.769. The van der Waals surface area contributed by atoms with Crippen molar-refractivity contribution in [3.63, 3.8) is 0 Å². The van der Waals surface area contributed by atoms with Crippen molar-refractivity contribution < 1.29 is 19.4 Å². The van der Waals surface area contributed by atoms with Crippen molar-refractivity contribution in [3.05, 3.63) is 59.9 Å². The number of ether oxygens (including phenoxy) is 1. The van der Waals surface area contributed by atoms with Crippen LogP contribution in [0.4, 0.5) is 10.5 Å². The molecule has 24 heavy (non-hydrogen) atoms. The number of aryl methyl sites for hydroxylation is 1. The maximum absolute atomic E-state index is 11.9. The van der Waals surface area contributed by atoms with Crippen LogP contribution in [0.25, 0.3) is 11.0 Å². The number of carbonyl (C=O) groups excluding carboxylic acids is 1. The zero-order valence-electron chi connectivity index (χ0n) is 12.9. The molecule has 1 aromatic heterocycles. The molecule has 0 atom stereocenters. The number of carbonyl (C=O) groups is 2. The Labute approximate surface area is 137 Å². The summed E-state index contributed by atoms with van der Waals surface area (Å²) in [5, 5.41) is 11.9. The van der Waals surface area contributed by atoms with Gasteiger partial charge in [0.1, 0.15) is 6.61 Å². The van der Waals surface area contributed by atoms with Gasteiger partial charge in [-0.25, -0.2) is 14.6 Å². The van der Waals surface area contributed by atoms with Gasteiger partial charge in [-0.05, 0) is 17.7 Å². The van der Waals surface area contributed by atoms with Crippen LogP contribution in [0.1, 0.15) is 15.9 Å². The maximum Gasteiger partial charge on any atom is 0.411 e. The molecule has 2 aromatic carbocycles. The van der Waals surface area contributed by atoms with Crippen molar-refractivity contribution in [2.45, 2.75) is 6.61 Å². The molecule has 0 fully saturated rings. The van der Waals surface area contributed by atoms with Crippen molar-refractivity contribution in [1.29, 1.82) is 0 Å². The Morgan fingerprint density at radius 1 is 1.25 bits per heavy atom. The third-order valence-electron chi connectivity index (χ3n) is 3.50. The van der Waals surface area contributed by atoms with Gasteiger partial charge in [0.05, 0.1) is 22.9 Å². The molecular weight excluding hydrogens is 310 g/mol. The van der Waals surface area contributed by atoms with Crippen LogP contribution < -0.4 is 5.32 Å². The molecule has 7 nitrogen and oxygen atoms in total. The van der Waals surface area contributed by atoms with E-state index >= 15 is 0 Å². The highest BCUT2D eigenvalue weighted by atomic mass is 16.5. The molecule has 122 valence electrons. The van der Waals surface area contributed by atoms with E-state index in [4.69, 9.17) is 4.74 Å². The van der Waals surface area contributed by atoms with Crippen LogP contribution in [-0.4, -0.2) is 26.7 Å². The SMILES string of the molecule is Cn1cnc2cc(NC(=O)OCc3ccccc3)cc(C(=O)O)c21. The number of aromatic carboxylic acids is 1. The Morgan fingerprint density at radius 3 is 2.71 bits per heavy atom. The fourth-order valence-electron chi connectivity index (χ4n) is 2.41. The van der Waals surface area contributed by atoms with E-state index in [0.29, 0.717) is 16.7 Å². The number of hydrogen-bond acceptors (Lipinski definition) is 4. The first-order chi connectivity index (χ1) is 11.5. The van der Waals surface area contributed by atoms with E-state index in [1.165, 1.54) is 12.4 Å². The lowest BCUT2D eigenvalue weighted by Gasteiger charge is -2.09.